The molecule has 5 rings (SSSR count). The molecule has 3 heterocycles. The normalized spacial score (nSPS) is 22.2. The Balaban J connectivity index is 1.82. The van der Waals surface area contributed by atoms with E-state index in [4.69, 9.17) is 21.1 Å². The first-order valence-electron chi connectivity index (χ1n) is 13.4. The molecule has 2 fully saturated rings. The van der Waals surface area contributed by atoms with Crippen LogP contribution in [-0.4, -0.2) is 70.9 Å². The Kier molecular flexibility index (Phi) is 8.22. The lowest BCUT2D eigenvalue weighted by Gasteiger charge is -2.37. The first-order valence-corrected chi connectivity index (χ1v) is 16.2. The summed E-state index contributed by atoms with van der Waals surface area (Å²) in [6.45, 7) is 2.95. The molecule has 1 atom stereocenters. The minimum absolute atomic E-state index is 0.109. The predicted molar refractivity (Wildman–Crippen MR) is 154 cm³/mol. The standard InChI is InChI=1S/C28H34ClN2O6S2/c1-3-39(34,35)31(18-24(32)30-13-15-37-16-14-30)22-17-23(28(33)36-2)38-27(22)25(19-7-5-4-6-8-19)26(31)20-9-11-21(29)12-10-20/h9-12,17,19H,3-8,13-16,18H2,1-2H3/q+1. The van der Waals surface area contributed by atoms with Crippen LogP contribution in [0, 0.1) is 5.92 Å². The summed E-state index contributed by atoms with van der Waals surface area (Å²) in [7, 11) is -2.67. The number of sulfonamides is 1. The Morgan fingerprint density at radius 3 is 2.41 bits per heavy atom. The second-order valence-corrected chi connectivity index (χ2v) is 14.0. The molecule has 0 spiro atoms. The molecule has 1 aliphatic carbocycles. The number of fused-ring (bicyclic) bond motifs is 1. The molecule has 3 aliphatic rings. The number of ether oxygens (including phenoxy) is 2. The molecule has 1 saturated heterocycles. The number of morpholine rings is 1. The number of nitrogens with zero attached hydrogens (tertiary/aromatic N) is 2. The average Bonchev–Trinajstić information content (AvgIpc) is 3.51. The van der Waals surface area contributed by atoms with Gasteiger partial charge in [0, 0.05) is 35.3 Å². The molecule has 2 aliphatic heterocycles. The number of hydrogen-bond donors (Lipinski definition) is 0. The maximum absolute atomic E-state index is 14.4. The summed E-state index contributed by atoms with van der Waals surface area (Å²) in [6.07, 6.45) is 5.05. The highest BCUT2D eigenvalue weighted by Crippen LogP contribution is 2.59. The van der Waals surface area contributed by atoms with E-state index in [-0.39, 0.29) is 24.1 Å². The monoisotopic (exact) mass is 593 g/mol. The zero-order chi connectivity index (χ0) is 27.8. The summed E-state index contributed by atoms with van der Waals surface area (Å²) in [5.74, 6) is -0.848. The number of rotatable bonds is 7. The molecule has 0 N–H and O–H groups in total. The van der Waals surface area contributed by atoms with Crippen molar-refractivity contribution in [3.8, 4) is 0 Å². The van der Waals surface area contributed by atoms with Crippen LogP contribution in [0.1, 0.15) is 59.1 Å². The van der Waals surface area contributed by atoms with Crippen molar-refractivity contribution in [2.75, 3.05) is 45.7 Å². The molecule has 11 heteroatoms. The van der Waals surface area contributed by atoms with Crippen molar-refractivity contribution in [3.05, 3.63) is 50.7 Å². The van der Waals surface area contributed by atoms with Gasteiger partial charge in [0.05, 0.1) is 31.0 Å². The van der Waals surface area contributed by atoms with E-state index < -0.39 is 19.9 Å². The van der Waals surface area contributed by atoms with Crippen LogP contribution >= 0.6 is 22.9 Å². The molecule has 0 bridgehead atoms. The molecule has 8 nitrogen and oxygen atoms in total. The van der Waals surface area contributed by atoms with Crippen LogP contribution in [0.2, 0.25) is 5.02 Å². The van der Waals surface area contributed by atoms with Crippen LogP contribution in [0.5, 0.6) is 0 Å². The van der Waals surface area contributed by atoms with E-state index in [1.54, 1.807) is 30.0 Å². The minimum Gasteiger partial charge on any atom is -0.465 e. The van der Waals surface area contributed by atoms with Crippen molar-refractivity contribution in [1.82, 2.24) is 8.79 Å². The number of quaternary nitrogens is 1. The lowest BCUT2D eigenvalue weighted by atomic mass is 9.82. The topological polar surface area (TPSA) is 90.0 Å². The van der Waals surface area contributed by atoms with Gasteiger partial charge in [0.15, 0.2) is 17.9 Å². The van der Waals surface area contributed by atoms with Gasteiger partial charge in [-0.1, -0.05) is 30.9 Å². The fourth-order valence-corrected chi connectivity index (χ4v) is 9.19. The average molecular weight is 594 g/mol. The van der Waals surface area contributed by atoms with Crippen LogP contribution in [0.3, 0.4) is 0 Å². The van der Waals surface area contributed by atoms with Gasteiger partial charge < -0.3 is 14.4 Å². The van der Waals surface area contributed by atoms with Gasteiger partial charge >= 0.3 is 16.0 Å². The second kappa shape index (κ2) is 11.3. The van der Waals surface area contributed by atoms with Crippen molar-refractivity contribution in [2.24, 2.45) is 5.92 Å². The fourth-order valence-electron chi connectivity index (χ4n) is 6.08. The second-order valence-electron chi connectivity index (χ2n) is 10.2. The third-order valence-corrected chi connectivity index (χ3v) is 11.6. The number of allylic oxidation sites excluding steroid dienone is 1. The Morgan fingerprint density at radius 2 is 1.79 bits per heavy atom. The number of hydrogen-bond acceptors (Lipinski definition) is 7. The lowest BCUT2D eigenvalue weighted by molar-refractivity contribution is -0.134. The molecule has 1 aromatic heterocycles. The van der Waals surface area contributed by atoms with E-state index in [1.807, 2.05) is 12.1 Å². The molecule has 2 aromatic rings. The highest BCUT2D eigenvalue weighted by Gasteiger charge is 2.59. The van der Waals surface area contributed by atoms with Crippen molar-refractivity contribution in [2.45, 2.75) is 39.0 Å². The van der Waals surface area contributed by atoms with Gasteiger partial charge in [-0.2, -0.15) is 8.42 Å². The van der Waals surface area contributed by atoms with Gasteiger partial charge in [-0.3, -0.25) is 4.79 Å². The van der Waals surface area contributed by atoms with Crippen LogP contribution in [0.4, 0.5) is 5.69 Å². The van der Waals surface area contributed by atoms with E-state index in [1.165, 1.54) is 18.4 Å². The summed E-state index contributed by atoms with van der Waals surface area (Å²) in [5.41, 5.74) is 2.72. The Hall–Kier alpha value is -2.24. The Labute approximate surface area is 238 Å². The summed E-state index contributed by atoms with van der Waals surface area (Å²) >= 11 is 7.52. The van der Waals surface area contributed by atoms with E-state index in [0.29, 0.717) is 47.6 Å². The molecule has 0 radical (unpaired) electrons. The quantitative estimate of drug-likeness (QED) is 0.325. The lowest BCUT2D eigenvalue weighted by Crippen LogP contribution is -2.58. The molecular weight excluding hydrogens is 560 g/mol. The number of halogens is 1. The largest absolute Gasteiger partial charge is 0.465 e. The number of esters is 1. The summed E-state index contributed by atoms with van der Waals surface area (Å²) in [6, 6.07) is 8.83. The molecule has 1 aromatic carbocycles. The number of carbonyl (C=O) groups excluding carboxylic acids is 2. The minimum atomic E-state index is -3.98. The van der Waals surface area contributed by atoms with Gasteiger partial charge in [-0.25, -0.2) is 4.79 Å². The number of carbonyl (C=O) groups is 2. The first-order chi connectivity index (χ1) is 18.7. The molecular formula is C28H34ClN2O6S2+. The summed E-state index contributed by atoms with van der Waals surface area (Å²) in [4.78, 5) is 29.4. The molecule has 1 amide bonds. The van der Waals surface area contributed by atoms with Crippen molar-refractivity contribution < 1.29 is 27.5 Å². The molecule has 210 valence electrons. The molecule has 1 unspecified atom stereocenters. The smallest absolute Gasteiger partial charge is 0.348 e. The summed E-state index contributed by atoms with van der Waals surface area (Å²) < 4.78 is 38.7. The Bertz CT molecular complexity index is 1390. The van der Waals surface area contributed by atoms with E-state index >= 15 is 0 Å². The van der Waals surface area contributed by atoms with Gasteiger partial charge in [0.1, 0.15) is 4.88 Å². The molecule has 1 saturated carbocycles. The van der Waals surface area contributed by atoms with E-state index in [9.17, 15) is 18.0 Å². The SMILES string of the molecule is CCS(=O)(=O)[N+]1(CC(=O)N2CCOCC2)C(c2ccc(Cl)cc2)=C(C2CCCCC2)c2sc(C(=O)OC)cc21. The highest BCUT2D eigenvalue weighted by atomic mass is 35.5. The van der Waals surface area contributed by atoms with Gasteiger partial charge in [0.2, 0.25) is 0 Å². The van der Waals surface area contributed by atoms with Crippen molar-refractivity contribution in [3.63, 3.8) is 0 Å². The third-order valence-electron chi connectivity index (χ3n) is 8.04. The zero-order valence-corrected chi connectivity index (χ0v) is 24.7. The first kappa shape index (κ1) is 28.3. The molecule has 39 heavy (non-hydrogen) atoms. The van der Waals surface area contributed by atoms with Gasteiger partial charge in [-0.15, -0.1) is 15.2 Å². The van der Waals surface area contributed by atoms with Gasteiger partial charge in [0.25, 0.3) is 5.91 Å². The van der Waals surface area contributed by atoms with Crippen LogP contribution in [0.15, 0.2) is 30.3 Å². The zero-order valence-electron chi connectivity index (χ0n) is 22.3. The third kappa shape index (κ3) is 4.95. The number of amides is 1. The predicted octanol–water partition coefficient (Wildman–Crippen LogP) is 5.17. The van der Waals surface area contributed by atoms with E-state index in [0.717, 1.165) is 48.1 Å². The van der Waals surface area contributed by atoms with E-state index in [2.05, 4.69) is 0 Å². The van der Waals surface area contributed by atoms with Crippen LogP contribution in [0.25, 0.3) is 11.3 Å². The Morgan fingerprint density at radius 1 is 1.13 bits per heavy atom. The number of thiophene rings is 1. The van der Waals surface area contributed by atoms with Crippen LogP contribution < -0.4 is 3.89 Å². The number of benzene rings is 1. The highest BCUT2D eigenvalue weighted by molar-refractivity contribution is 7.91. The maximum atomic E-state index is 14.4. The fraction of sp³-hybridized carbons (Fsp3) is 0.500. The number of methoxy groups -OCH3 is 1. The summed E-state index contributed by atoms with van der Waals surface area (Å²) in [5, 5.41) is 0.542. The van der Waals surface area contributed by atoms with Gasteiger partial charge in [-0.05, 0) is 49.9 Å². The van der Waals surface area contributed by atoms with Crippen LogP contribution in [-0.2, 0) is 24.3 Å². The maximum Gasteiger partial charge on any atom is 0.348 e. The van der Waals surface area contributed by atoms with Crippen molar-refractivity contribution in [1.29, 1.82) is 0 Å². The van der Waals surface area contributed by atoms with Crippen molar-refractivity contribution >= 4 is 61.8 Å².